The molecule has 1 aromatic heterocycles. The first-order valence-electron chi connectivity index (χ1n) is 6.21. The number of aromatic nitrogens is 1. The maximum Gasteiger partial charge on any atom is 0.107 e. The van der Waals surface area contributed by atoms with Crippen molar-refractivity contribution in [2.24, 2.45) is 5.92 Å². The van der Waals surface area contributed by atoms with E-state index >= 15 is 0 Å². The van der Waals surface area contributed by atoms with Crippen LogP contribution in [0.25, 0.3) is 0 Å². The third kappa shape index (κ3) is 2.30. The molecular weight excluding hydrogens is 232 g/mol. The van der Waals surface area contributed by atoms with Gasteiger partial charge in [0.1, 0.15) is 5.01 Å². The molecule has 3 rings (SSSR count). The van der Waals surface area contributed by atoms with Crippen LogP contribution in [0.5, 0.6) is 0 Å². The molecule has 0 amide bonds. The van der Waals surface area contributed by atoms with Crippen molar-refractivity contribution in [2.45, 2.75) is 31.5 Å². The molecule has 1 aliphatic heterocycles. The Morgan fingerprint density at radius 2 is 2.53 bits per heavy atom. The van der Waals surface area contributed by atoms with Gasteiger partial charge in [-0.25, -0.2) is 4.98 Å². The van der Waals surface area contributed by atoms with Crippen molar-refractivity contribution >= 4 is 11.3 Å². The van der Waals surface area contributed by atoms with Crippen molar-refractivity contribution in [2.75, 3.05) is 13.2 Å². The molecule has 92 valence electrons. The van der Waals surface area contributed by atoms with Gasteiger partial charge in [-0.2, -0.15) is 0 Å². The largest absolute Gasteiger partial charge is 0.374 e. The van der Waals surface area contributed by atoms with Gasteiger partial charge in [-0.15, -0.1) is 17.9 Å². The fourth-order valence-electron chi connectivity index (χ4n) is 3.09. The van der Waals surface area contributed by atoms with Gasteiger partial charge in [-0.1, -0.05) is 6.08 Å². The van der Waals surface area contributed by atoms with Crippen LogP contribution in [0.15, 0.2) is 24.2 Å². The van der Waals surface area contributed by atoms with E-state index in [4.69, 9.17) is 4.74 Å². The third-order valence-corrected chi connectivity index (χ3v) is 4.60. The van der Waals surface area contributed by atoms with E-state index in [1.165, 1.54) is 24.4 Å². The number of likely N-dealkylation sites (tertiary alicyclic amines) is 1. The molecule has 2 fully saturated rings. The van der Waals surface area contributed by atoms with E-state index in [9.17, 15) is 0 Å². The number of ether oxygens (including phenoxy) is 1. The molecule has 2 aliphatic rings. The van der Waals surface area contributed by atoms with Crippen LogP contribution in [0.3, 0.4) is 0 Å². The summed E-state index contributed by atoms with van der Waals surface area (Å²) in [5, 5.41) is 3.29. The molecule has 0 aromatic carbocycles. The summed E-state index contributed by atoms with van der Waals surface area (Å²) in [5.74, 6) is 0.722. The molecule has 2 bridgehead atoms. The Morgan fingerprint density at radius 3 is 3.18 bits per heavy atom. The number of hydrogen-bond acceptors (Lipinski definition) is 4. The molecule has 0 radical (unpaired) electrons. The second kappa shape index (κ2) is 4.88. The van der Waals surface area contributed by atoms with E-state index in [1.54, 1.807) is 11.3 Å². The Kier molecular flexibility index (Phi) is 3.27. The van der Waals surface area contributed by atoms with Gasteiger partial charge in [0.15, 0.2) is 0 Å². The number of piperidine rings is 1. The van der Waals surface area contributed by atoms with Crippen molar-refractivity contribution in [3.8, 4) is 0 Å². The molecule has 1 saturated carbocycles. The van der Waals surface area contributed by atoms with Crippen molar-refractivity contribution in [3.05, 3.63) is 29.2 Å². The molecule has 17 heavy (non-hydrogen) atoms. The van der Waals surface area contributed by atoms with Crippen molar-refractivity contribution in [1.29, 1.82) is 0 Å². The topological polar surface area (TPSA) is 25.4 Å². The first-order valence-corrected chi connectivity index (χ1v) is 7.09. The first kappa shape index (κ1) is 11.4. The summed E-state index contributed by atoms with van der Waals surface area (Å²) in [6.07, 6.45) is 6.69. The molecule has 0 spiro atoms. The molecule has 2 heterocycles. The van der Waals surface area contributed by atoms with Crippen LogP contribution in [0, 0.1) is 5.92 Å². The lowest BCUT2D eigenvalue weighted by atomic mass is 10.1. The Hall–Kier alpha value is -0.710. The van der Waals surface area contributed by atoms with Gasteiger partial charge in [0.2, 0.25) is 0 Å². The molecule has 1 aromatic rings. The minimum absolute atomic E-state index is 0.463. The summed E-state index contributed by atoms with van der Waals surface area (Å²) in [6, 6.07) is 0.707. The normalized spacial score (nSPS) is 32.1. The Morgan fingerprint density at radius 1 is 1.59 bits per heavy atom. The van der Waals surface area contributed by atoms with Crippen LogP contribution in [0.1, 0.15) is 17.8 Å². The second-order valence-corrected chi connectivity index (χ2v) is 5.88. The van der Waals surface area contributed by atoms with E-state index < -0.39 is 0 Å². The van der Waals surface area contributed by atoms with Crippen molar-refractivity contribution in [3.63, 3.8) is 0 Å². The molecule has 1 saturated heterocycles. The Labute approximate surface area is 106 Å². The van der Waals surface area contributed by atoms with Crippen LogP contribution in [-0.4, -0.2) is 35.2 Å². The van der Waals surface area contributed by atoms with Crippen molar-refractivity contribution < 1.29 is 4.74 Å². The van der Waals surface area contributed by atoms with Gasteiger partial charge in [0.05, 0.1) is 19.3 Å². The zero-order valence-electron chi connectivity index (χ0n) is 9.92. The van der Waals surface area contributed by atoms with E-state index in [2.05, 4.69) is 21.8 Å². The summed E-state index contributed by atoms with van der Waals surface area (Å²) < 4.78 is 5.81. The molecule has 3 nitrogen and oxygen atoms in total. The number of thiazole rings is 1. The molecule has 1 aliphatic carbocycles. The van der Waals surface area contributed by atoms with Crippen LogP contribution >= 0.6 is 11.3 Å². The van der Waals surface area contributed by atoms with Crippen LogP contribution in [0.4, 0.5) is 0 Å². The highest BCUT2D eigenvalue weighted by molar-refractivity contribution is 7.09. The summed E-state index contributed by atoms with van der Waals surface area (Å²) in [5.41, 5.74) is 0. The minimum atomic E-state index is 0.463. The highest BCUT2D eigenvalue weighted by Crippen LogP contribution is 2.40. The molecule has 0 N–H and O–H groups in total. The molecule has 0 unspecified atom stereocenters. The predicted octanol–water partition coefficient (Wildman–Crippen LogP) is 2.31. The summed E-state index contributed by atoms with van der Waals surface area (Å²) in [7, 11) is 0. The van der Waals surface area contributed by atoms with E-state index in [-0.39, 0.29) is 0 Å². The number of hydrogen-bond donors (Lipinski definition) is 0. The summed E-state index contributed by atoms with van der Waals surface area (Å²) in [6.45, 7) is 6.59. The van der Waals surface area contributed by atoms with Gasteiger partial charge in [0.25, 0.3) is 0 Å². The highest BCUT2D eigenvalue weighted by atomic mass is 32.1. The van der Waals surface area contributed by atoms with E-state index in [1.807, 2.05) is 12.3 Å². The fourth-order valence-corrected chi connectivity index (χ4v) is 3.73. The minimum Gasteiger partial charge on any atom is -0.374 e. The lowest BCUT2D eigenvalue weighted by Gasteiger charge is -2.30. The lowest BCUT2D eigenvalue weighted by Crippen LogP contribution is -2.38. The monoisotopic (exact) mass is 250 g/mol. The average Bonchev–Trinajstić information content (AvgIpc) is 3.02. The fraction of sp³-hybridized carbons (Fsp3) is 0.615. The SMILES string of the molecule is C=CCO[C@@H]1C[C@H]2C[C@H]1CN2Cc1nccs1. The zero-order chi connectivity index (χ0) is 11.7. The van der Waals surface area contributed by atoms with Gasteiger partial charge < -0.3 is 4.74 Å². The second-order valence-electron chi connectivity index (χ2n) is 4.90. The van der Waals surface area contributed by atoms with Crippen molar-refractivity contribution in [1.82, 2.24) is 9.88 Å². The maximum atomic E-state index is 5.81. The third-order valence-electron chi connectivity index (χ3n) is 3.84. The van der Waals surface area contributed by atoms with Crippen LogP contribution in [0.2, 0.25) is 0 Å². The Bertz CT molecular complexity index is 379. The van der Waals surface area contributed by atoms with Crippen LogP contribution in [-0.2, 0) is 11.3 Å². The molecule has 4 heteroatoms. The highest BCUT2D eigenvalue weighted by Gasteiger charge is 2.44. The van der Waals surface area contributed by atoms with Gasteiger partial charge in [0, 0.05) is 24.2 Å². The van der Waals surface area contributed by atoms with Crippen LogP contribution < -0.4 is 0 Å². The number of fused-ring (bicyclic) bond motifs is 2. The maximum absolute atomic E-state index is 5.81. The van der Waals surface area contributed by atoms with E-state index in [0.717, 1.165) is 12.5 Å². The van der Waals surface area contributed by atoms with Gasteiger partial charge in [-0.3, -0.25) is 4.90 Å². The number of nitrogens with zero attached hydrogens (tertiary/aromatic N) is 2. The van der Waals surface area contributed by atoms with Gasteiger partial charge in [-0.05, 0) is 18.8 Å². The van der Waals surface area contributed by atoms with E-state index in [0.29, 0.717) is 18.8 Å². The smallest absolute Gasteiger partial charge is 0.107 e. The lowest BCUT2D eigenvalue weighted by molar-refractivity contribution is 0.0124. The zero-order valence-corrected chi connectivity index (χ0v) is 10.7. The summed E-state index contributed by atoms with van der Waals surface area (Å²) in [4.78, 5) is 6.93. The van der Waals surface area contributed by atoms with Gasteiger partial charge >= 0.3 is 0 Å². The average molecular weight is 250 g/mol. The predicted molar refractivity (Wildman–Crippen MR) is 69.0 cm³/mol. The number of rotatable bonds is 5. The standard InChI is InChI=1S/C13H18N2OS/c1-2-4-16-12-7-11-6-10(12)8-15(11)9-13-14-3-5-17-13/h2-3,5,10-12H,1,4,6-9H2/t10-,11+,12+/m0/s1. The molecular formula is C13H18N2OS. The summed E-state index contributed by atoms with van der Waals surface area (Å²) >= 11 is 1.75. The first-order chi connectivity index (χ1) is 8.36. The Balaban J connectivity index is 1.55. The quantitative estimate of drug-likeness (QED) is 0.750. The molecule has 3 atom stereocenters.